The normalized spacial score (nSPS) is 11.7. The standard InChI is InChI=1S/C9H5BrF5NO2/c10-1-4-2-16-8(18-9(13,14)15)5(3-17)6(4)7(11)12/h2-3,7H,1H2. The fourth-order valence-electron chi connectivity index (χ4n) is 1.23. The summed E-state index contributed by atoms with van der Waals surface area (Å²) in [5.74, 6) is -1.18. The van der Waals surface area contributed by atoms with Gasteiger partial charge in [0.15, 0.2) is 6.29 Å². The average molecular weight is 334 g/mol. The highest BCUT2D eigenvalue weighted by atomic mass is 79.9. The highest BCUT2D eigenvalue weighted by Gasteiger charge is 2.34. The van der Waals surface area contributed by atoms with Gasteiger partial charge in [-0.3, -0.25) is 4.79 Å². The topological polar surface area (TPSA) is 39.2 Å². The number of hydrogen-bond acceptors (Lipinski definition) is 3. The molecule has 18 heavy (non-hydrogen) atoms. The Kier molecular flexibility index (Phi) is 4.60. The molecule has 100 valence electrons. The maximum absolute atomic E-state index is 12.7. The molecule has 0 bridgehead atoms. The van der Waals surface area contributed by atoms with Crippen molar-refractivity contribution in [3.63, 3.8) is 0 Å². The number of pyridine rings is 1. The van der Waals surface area contributed by atoms with Crippen molar-refractivity contribution < 1.29 is 31.5 Å². The van der Waals surface area contributed by atoms with Crippen LogP contribution in [0.3, 0.4) is 0 Å². The molecule has 0 fully saturated rings. The van der Waals surface area contributed by atoms with E-state index in [2.05, 4.69) is 25.7 Å². The first-order valence-corrected chi connectivity index (χ1v) is 5.49. The minimum absolute atomic E-state index is 0.0766. The summed E-state index contributed by atoms with van der Waals surface area (Å²) >= 11 is 2.87. The van der Waals surface area contributed by atoms with Crippen LogP contribution in [0.5, 0.6) is 5.88 Å². The monoisotopic (exact) mass is 333 g/mol. The molecule has 0 unspecified atom stereocenters. The molecule has 3 nitrogen and oxygen atoms in total. The summed E-state index contributed by atoms with van der Waals surface area (Å²) in [7, 11) is 0. The minimum atomic E-state index is -5.11. The SMILES string of the molecule is O=Cc1c(OC(F)(F)F)ncc(CBr)c1C(F)F. The maximum Gasteiger partial charge on any atom is 0.574 e. The van der Waals surface area contributed by atoms with Crippen molar-refractivity contribution in [2.24, 2.45) is 0 Å². The summed E-state index contributed by atoms with van der Waals surface area (Å²) in [5.41, 5.74) is -1.81. The van der Waals surface area contributed by atoms with Crippen molar-refractivity contribution >= 4 is 22.2 Å². The number of nitrogens with zero attached hydrogens (tertiary/aromatic N) is 1. The van der Waals surface area contributed by atoms with Gasteiger partial charge in [-0.05, 0) is 5.56 Å². The Morgan fingerprint density at radius 3 is 2.44 bits per heavy atom. The Balaban J connectivity index is 3.38. The van der Waals surface area contributed by atoms with Crippen LogP contribution in [0.2, 0.25) is 0 Å². The van der Waals surface area contributed by atoms with Crippen molar-refractivity contribution in [3.8, 4) is 5.88 Å². The number of alkyl halides is 6. The van der Waals surface area contributed by atoms with Crippen molar-refractivity contribution in [1.29, 1.82) is 0 Å². The lowest BCUT2D eigenvalue weighted by atomic mass is 10.1. The second kappa shape index (κ2) is 5.59. The first kappa shape index (κ1) is 14.8. The van der Waals surface area contributed by atoms with E-state index in [0.717, 1.165) is 6.20 Å². The molecule has 1 rings (SSSR count). The molecular formula is C9H5BrF5NO2. The van der Waals surface area contributed by atoms with E-state index < -0.39 is 29.8 Å². The van der Waals surface area contributed by atoms with E-state index in [9.17, 15) is 26.7 Å². The predicted molar refractivity (Wildman–Crippen MR) is 53.9 cm³/mol. The second-order valence-electron chi connectivity index (χ2n) is 3.02. The first-order chi connectivity index (χ1) is 8.30. The van der Waals surface area contributed by atoms with Crippen LogP contribution in [0.25, 0.3) is 0 Å². The molecule has 0 aliphatic heterocycles. The average Bonchev–Trinajstić information content (AvgIpc) is 2.26. The van der Waals surface area contributed by atoms with Gasteiger partial charge >= 0.3 is 6.36 Å². The molecule has 9 heteroatoms. The molecule has 0 radical (unpaired) electrons. The minimum Gasteiger partial charge on any atom is -0.387 e. The zero-order valence-corrected chi connectivity index (χ0v) is 10.1. The largest absolute Gasteiger partial charge is 0.574 e. The van der Waals surface area contributed by atoms with Gasteiger partial charge in [0, 0.05) is 17.1 Å². The third kappa shape index (κ3) is 3.37. The van der Waals surface area contributed by atoms with Gasteiger partial charge in [-0.2, -0.15) is 0 Å². The van der Waals surface area contributed by atoms with Crippen molar-refractivity contribution in [3.05, 3.63) is 22.9 Å². The second-order valence-corrected chi connectivity index (χ2v) is 3.58. The van der Waals surface area contributed by atoms with Crippen LogP contribution in [-0.4, -0.2) is 17.6 Å². The smallest absolute Gasteiger partial charge is 0.387 e. The van der Waals surface area contributed by atoms with Gasteiger partial charge in [-0.15, -0.1) is 13.2 Å². The molecule has 0 atom stereocenters. The molecule has 0 saturated carbocycles. The molecule has 0 aliphatic carbocycles. The van der Waals surface area contributed by atoms with Gasteiger partial charge in [-0.25, -0.2) is 13.8 Å². The van der Waals surface area contributed by atoms with Crippen molar-refractivity contribution in [2.45, 2.75) is 18.1 Å². The first-order valence-electron chi connectivity index (χ1n) is 4.37. The molecule has 0 saturated heterocycles. The number of halogens is 6. The summed E-state index contributed by atoms with van der Waals surface area (Å²) in [6, 6.07) is 0. The lowest BCUT2D eigenvalue weighted by Gasteiger charge is -2.14. The summed E-state index contributed by atoms with van der Waals surface area (Å²) in [6.45, 7) is 0. The number of aldehydes is 1. The van der Waals surface area contributed by atoms with Gasteiger partial charge in [0.25, 0.3) is 6.43 Å². The molecule has 0 aromatic carbocycles. The van der Waals surface area contributed by atoms with E-state index in [-0.39, 0.29) is 17.2 Å². The lowest BCUT2D eigenvalue weighted by molar-refractivity contribution is -0.276. The fourth-order valence-corrected chi connectivity index (χ4v) is 1.68. The van der Waals surface area contributed by atoms with E-state index in [1.54, 1.807) is 0 Å². The van der Waals surface area contributed by atoms with Gasteiger partial charge in [0.05, 0.1) is 5.56 Å². The Labute approximate surface area is 106 Å². The number of aromatic nitrogens is 1. The number of hydrogen-bond donors (Lipinski definition) is 0. The van der Waals surface area contributed by atoms with Crippen molar-refractivity contribution in [2.75, 3.05) is 0 Å². The molecule has 1 aromatic heterocycles. The van der Waals surface area contributed by atoms with Crippen LogP contribution in [-0.2, 0) is 5.33 Å². The maximum atomic E-state index is 12.7. The van der Waals surface area contributed by atoms with Crippen LogP contribution in [0.1, 0.15) is 27.9 Å². The third-order valence-corrected chi connectivity index (χ3v) is 2.50. The predicted octanol–water partition coefficient (Wildman–Crippen LogP) is 3.63. The van der Waals surface area contributed by atoms with E-state index in [4.69, 9.17) is 0 Å². The summed E-state index contributed by atoms with van der Waals surface area (Å²) in [6.07, 6.45) is -7.57. The molecule has 1 aromatic rings. The zero-order chi connectivity index (χ0) is 13.9. The van der Waals surface area contributed by atoms with Gasteiger partial charge in [0.2, 0.25) is 5.88 Å². The van der Waals surface area contributed by atoms with Crippen LogP contribution in [0, 0.1) is 0 Å². The Morgan fingerprint density at radius 1 is 1.44 bits per heavy atom. The van der Waals surface area contributed by atoms with E-state index >= 15 is 0 Å². The molecule has 0 aliphatic rings. The number of carbonyl (C=O) groups is 1. The van der Waals surface area contributed by atoms with Crippen LogP contribution in [0.4, 0.5) is 22.0 Å². The summed E-state index contributed by atoms with van der Waals surface area (Å²) in [5, 5.41) is -0.0766. The van der Waals surface area contributed by atoms with E-state index in [0.29, 0.717) is 0 Å². The summed E-state index contributed by atoms with van der Waals surface area (Å²) in [4.78, 5) is 13.9. The number of ether oxygens (including phenoxy) is 1. The van der Waals surface area contributed by atoms with Crippen LogP contribution < -0.4 is 4.74 Å². The Hall–Kier alpha value is -1.25. The Morgan fingerprint density at radius 2 is 2.06 bits per heavy atom. The number of carbonyl (C=O) groups excluding carboxylic acids is 1. The van der Waals surface area contributed by atoms with Crippen LogP contribution in [0.15, 0.2) is 6.20 Å². The molecule has 0 N–H and O–H groups in total. The number of rotatable bonds is 4. The van der Waals surface area contributed by atoms with Gasteiger partial charge < -0.3 is 4.74 Å². The molecule has 0 spiro atoms. The quantitative estimate of drug-likeness (QED) is 0.480. The molecule has 1 heterocycles. The lowest BCUT2D eigenvalue weighted by Crippen LogP contribution is -2.20. The molecular weight excluding hydrogens is 329 g/mol. The van der Waals surface area contributed by atoms with Gasteiger partial charge in [-0.1, -0.05) is 15.9 Å². The zero-order valence-electron chi connectivity index (χ0n) is 8.47. The van der Waals surface area contributed by atoms with Gasteiger partial charge in [0.1, 0.15) is 0 Å². The highest BCUT2D eigenvalue weighted by molar-refractivity contribution is 9.08. The molecule has 0 amide bonds. The van der Waals surface area contributed by atoms with E-state index in [1.807, 2.05) is 0 Å². The highest BCUT2D eigenvalue weighted by Crippen LogP contribution is 2.33. The van der Waals surface area contributed by atoms with E-state index in [1.165, 1.54) is 0 Å². The van der Waals surface area contributed by atoms with Crippen molar-refractivity contribution in [1.82, 2.24) is 4.98 Å². The third-order valence-electron chi connectivity index (χ3n) is 1.90. The fraction of sp³-hybridized carbons (Fsp3) is 0.333. The summed E-state index contributed by atoms with van der Waals surface area (Å²) < 4.78 is 64.9. The van der Waals surface area contributed by atoms with Crippen LogP contribution >= 0.6 is 15.9 Å². The Bertz CT molecular complexity index is 449.